The number of rotatable bonds is 4. The van der Waals surface area contributed by atoms with Gasteiger partial charge in [-0.15, -0.1) is 36.2 Å². The highest BCUT2D eigenvalue weighted by Gasteiger charge is 2.28. The number of nitrogens with zero attached hydrogens (tertiary/aromatic N) is 3. The minimum atomic E-state index is 0. The number of anilines is 1. The summed E-state index contributed by atoms with van der Waals surface area (Å²) in [4.78, 5) is 11.3. The number of thiophene rings is 1. The van der Waals surface area contributed by atoms with E-state index in [0.29, 0.717) is 6.04 Å². The molecule has 0 bridgehead atoms. The van der Waals surface area contributed by atoms with Gasteiger partial charge in [-0.2, -0.15) is 0 Å². The van der Waals surface area contributed by atoms with Crippen LogP contribution in [0.4, 0.5) is 5.00 Å². The highest BCUT2D eigenvalue weighted by Crippen LogP contribution is 2.35. The summed E-state index contributed by atoms with van der Waals surface area (Å²) >= 11 is 1.82. The molecule has 0 radical (unpaired) electrons. The predicted molar refractivity (Wildman–Crippen MR) is 140 cm³/mol. The van der Waals surface area contributed by atoms with E-state index in [4.69, 9.17) is 4.98 Å². The lowest BCUT2D eigenvalue weighted by Gasteiger charge is -2.41. The molecule has 32 heavy (non-hydrogen) atoms. The lowest BCUT2D eigenvalue weighted by Crippen LogP contribution is -2.52. The normalized spacial score (nSPS) is 17.6. The van der Waals surface area contributed by atoms with Crippen molar-refractivity contribution in [3.8, 4) is 0 Å². The Morgan fingerprint density at radius 2 is 1.91 bits per heavy atom. The molecule has 0 aliphatic carbocycles. The molecule has 3 aromatic rings. The number of nitrogens with one attached hydrogen (secondary N) is 1. The molecule has 7 heteroatoms. The summed E-state index contributed by atoms with van der Waals surface area (Å²) in [5, 5.41) is 7.01. The van der Waals surface area contributed by atoms with Crippen LogP contribution < -0.4 is 15.9 Å². The molecule has 1 fully saturated rings. The van der Waals surface area contributed by atoms with E-state index in [1.165, 1.54) is 33.1 Å². The van der Waals surface area contributed by atoms with Crippen molar-refractivity contribution in [2.24, 2.45) is 0 Å². The van der Waals surface area contributed by atoms with Crippen LogP contribution in [0.2, 0.25) is 0 Å². The van der Waals surface area contributed by atoms with Crippen LogP contribution in [0, 0.1) is 6.92 Å². The molecule has 5 rings (SSSR count). The summed E-state index contributed by atoms with van der Waals surface area (Å²) in [6.45, 7) is 5.31. The molecule has 170 valence electrons. The number of pyridine rings is 1. The summed E-state index contributed by atoms with van der Waals surface area (Å²) in [5.74, 6) is 0. The van der Waals surface area contributed by atoms with Gasteiger partial charge in [-0.1, -0.05) is 30.3 Å². The van der Waals surface area contributed by atoms with Gasteiger partial charge in [0.1, 0.15) is 5.00 Å². The summed E-state index contributed by atoms with van der Waals surface area (Å²) in [6.07, 6.45) is 6.30. The largest absolute Gasteiger partial charge is 0.366 e. The summed E-state index contributed by atoms with van der Waals surface area (Å²) in [6, 6.07) is 17.9. The molecule has 1 atom stereocenters. The second-order valence-corrected chi connectivity index (χ2v) is 9.54. The number of halogens is 2. The van der Waals surface area contributed by atoms with E-state index >= 15 is 0 Å². The highest BCUT2D eigenvalue weighted by molar-refractivity contribution is 7.16. The van der Waals surface area contributed by atoms with E-state index in [-0.39, 0.29) is 24.8 Å². The molecule has 2 aliphatic rings. The third-order valence-corrected chi connectivity index (χ3v) is 7.22. The number of aromatic nitrogens is 1. The number of hydrogen-bond donors (Lipinski definition) is 1. The van der Waals surface area contributed by atoms with Gasteiger partial charge < -0.3 is 10.2 Å². The molecule has 2 aromatic heterocycles. The third-order valence-electron chi connectivity index (χ3n) is 6.23. The van der Waals surface area contributed by atoms with Gasteiger partial charge in [0.2, 0.25) is 0 Å². The van der Waals surface area contributed by atoms with E-state index in [0.717, 1.165) is 36.6 Å². The Bertz CT molecular complexity index is 1160. The lowest BCUT2D eigenvalue weighted by molar-refractivity contribution is 0.128. The van der Waals surface area contributed by atoms with Gasteiger partial charge >= 0.3 is 0 Å². The maximum atomic E-state index is 4.82. The third kappa shape index (κ3) is 4.96. The molecule has 1 aromatic carbocycles. The maximum Gasteiger partial charge on any atom is 0.102 e. The van der Waals surface area contributed by atoms with Crippen molar-refractivity contribution in [1.29, 1.82) is 0 Å². The van der Waals surface area contributed by atoms with Crippen LogP contribution in [0.15, 0.2) is 54.7 Å². The summed E-state index contributed by atoms with van der Waals surface area (Å²) < 4.78 is 0. The molecule has 0 saturated carbocycles. The fraction of sp³-hybridized carbons (Fsp3) is 0.320. The molecule has 4 nitrogen and oxygen atoms in total. The smallest absolute Gasteiger partial charge is 0.102 e. The van der Waals surface area contributed by atoms with Gasteiger partial charge in [0.25, 0.3) is 0 Å². The first-order chi connectivity index (χ1) is 14.7. The van der Waals surface area contributed by atoms with Crippen molar-refractivity contribution in [3.63, 3.8) is 0 Å². The monoisotopic (exact) mass is 488 g/mol. The zero-order valence-corrected chi connectivity index (χ0v) is 20.9. The van der Waals surface area contributed by atoms with E-state index in [2.05, 4.69) is 77.8 Å². The highest BCUT2D eigenvalue weighted by atomic mass is 35.5. The van der Waals surface area contributed by atoms with Gasteiger partial charge in [-0.05, 0) is 50.6 Å². The van der Waals surface area contributed by atoms with E-state index in [1.54, 1.807) is 0 Å². The number of hydrogen-bond acceptors (Lipinski definition) is 5. The predicted octanol–water partition coefficient (Wildman–Crippen LogP) is 3.86. The van der Waals surface area contributed by atoms with Crippen LogP contribution in [0.1, 0.15) is 22.4 Å². The molecule has 0 spiro atoms. The van der Waals surface area contributed by atoms with Crippen LogP contribution in [0.25, 0.3) is 11.9 Å². The van der Waals surface area contributed by atoms with E-state index < -0.39 is 0 Å². The average molecular weight is 490 g/mol. The van der Waals surface area contributed by atoms with Crippen molar-refractivity contribution < 1.29 is 0 Å². The molecular weight excluding hydrogens is 459 g/mol. The van der Waals surface area contributed by atoms with Crippen LogP contribution in [0.5, 0.6) is 0 Å². The van der Waals surface area contributed by atoms with Gasteiger partial charge in [-0.3, -0.25) is 9.88 Å². The van der Waals surface area contributed by atoms with Crippen LogP contribution in [-0.4, -0.2) is 47.5 Å². The Kier molecular flexibility index (Phi) is 8.23. The van der Waals surface area contributed by atoms with Gasteiger partial charge in [0.15, 0.2) is 0 Å². The zero-order chi connectivity index (χ0) is 20.5. The Hall–Kier alpha value is -2.05. The Labute approximate surface area is 206 Å². The Morgan fingerprint density at radius 1 is 1.09 bits per heavy atom. The van der Waals surface area contributed by atoms with Crippen LogP contribution in [-0.2, 0) is 6.42 Å². The average Bonchev–Trinajstić information content (AvgIpc) is 3.07. The summed E-state index contributed by atoms with van der Waals surface area (Å²) in [5.41, 5.74) is 3.99. The molecule has 1 unspecified atom stereocenters. The summed E-state index contributed by atoms with van der Waals surface area (Å²) in [7, 11) is 2.27. The zero-order valence-electron chi connectivity index (χ0n) is 18.5. The van der Waals surface area contributed by atoms with Crippen LogP contribution >= 0.6 is 36.2 Å². The second-order valence-electron chi connectivity index (χ2n) is 8.28. The number of aryl methyl sites for hydroxylation is 2. The van der Waals surface area contributed by atoms with Crippen molar-refractivity contribution in [3.05, 3.63) is 81.3 Å². The first-order valence-corrected chi connectivity index (χ1v) is 11.5. The molecule has 2 aliphatic heterocycles. The topological polar surface area (TPSA) is 31.4 Å². The van der Waals surface area contributed by atoms with Crippen molar-refractivity contribution in [2.45, 2.75) is 25.8 Å². The maximum absolute atomic E-state index is 4.82. The molecule has 4 heterocycles. The van der Waals surface area contributed by atoms with Gasteiger partial charge in [0, 0.05) is 53.7 Å². The second kappa shape index (κ2) is 10.7. The van der Waals surface area contributed by atoms with Crippen molar-refractivity contribution >= 4 is 53.0 Å². The number of fused-ring (bicyclic) bond motifs is 2. The van der Waals surface area contributed by atoms with Crippen LogP contribution in [0.3, 0.4) is 0 Å². The fourth-order valence-electron chi connectivity index (χ4n) is 4.56. The van der Waals surface area contributed by atoms with E-state index in [1.807, 2.05) is 23.6 Å². The Balaban J connectivity index is 0.00000144. The number of likely N-dealkylation sites (N-methyl/N-ethyl adjacent to an activating group) is 1. The molecular formula is C25H30Cl2N4S. The lowest BCUT2D eigenvalue weighted by atomic mass is 10.0. The molecule has 1 N–H and O–H groups in total. The fourth-order valence-corrected chi connectivity index (χ4v) is 5.44. The number of piperazine rings is 1. The molecule has 0 amide bonds. The van der Waals surface area contributed by atoms with Crippen molar-refractivity contribution in [2.75, 3.05) is 32.0 Å². The van der Waals surface area contributed by atoms with Crippen molar-refractivity contribution in [1.82, 2.24) is 14.8 Å². The minimum Gasteiger partial charge on any atom is -0.366 e. The first-order valence-electron chi connectivity index (χ1n) is 10.7. The van der Waals surface area contributed by atoms with Gasteiger partial charge in [0.05, 0.1) is 11.0 Å². The SMILES string of the molecule is Cc1cc2c(s1)NC=c1cccnc1=C2N1CCN(C)C(CCc2ccccc2)C1.Cl.Cl. The Morgan fingerprint density at radius 3 is 2.72 bits per heavy atom. The standard InChI is InChI=1S/C25H28N4S.2ClH/c1-18-15-22-24(23-20(9-6-12-26-23)16-27-25(22)30-18)29-14-13-28(2)21(17-29)11-10-19-7-4-3-5-8-19;;/h3-9,12,15-16,21,27H,10-11,13-14,17H2,1-2H3;2*1H. The minimum absolute atomic E-state index is 0. The first kappa shape index (κ1) is 24.6. The molecule has 1 saturated heterocycles. The van der Waals surface area contributed by atoms with E-state index in [9.17, 15) is 0 Å². The van der Waals surface area contributed by atoms with Gasteiger partial charge in [-0.25, -0.2) is 0 Å². The quantitative estimate of drug-likeness (QED) is 0.603. The number of benzene rings is 1.